The van der Waals surface area contributed by atoms with Crippen molar-refractivity contribution in [3.63, 3.8) is 0 Å². The number of nitrogens with one attached hydrogen (secondary N) is 1. The largest absolute Gasteiger partial charge is 0.455 e. The van der Waals surface area contributed by atoms with Crippen molar-refractivity contribution >= 4 is 5.97 Å². The van der Waals surface area contributed by atoms with Gasteiger partial charge in [-0.2, -0.15) is 10.3 Å². The van der Waals surface area contributed by atoms with E-state index in [0.29, 0.717) is 11.4 Å². The Bertz CT molecular complexity index is 581. The van der Waals surface area contributed by atoms with Crippen LogP contribution in [0.15, 0.2) is 18.3 Å². The minimum Gasteiger partial charge on any atom is -0.455 e. The maximum Gasteiger partial charge on any atom is 0.361 e. The summed E-state index contributed by atoms with van der Waals surface area (Å²) in [5.41, 5.74) is 1.58. The van der Waals surface area contributed by atoms with E-state index < -0.39 is 11.6 Å². The lowest BCUT2D eigenvalue weighted by Gasteiger charge is -2.18. The van der Waals surface area contributed by atoms with Crippen molar-refractivity contribution in [1.29, 1.82) is 0 Å². The summed E-state index contributed by atoms with van der Waals surface area (Å²) in [6.07, 6.45) is 1.71. The number of aromatic nitrogens is 4. The van der Waals surface area contributed by atoms with Crippen LogP contribution in [0.1, 0.15) is 36.8 Å². The van der Waals surface area contributed by atoms with Crippen LogP contribution in [0.4, 0.5) is 0 Å². The Labute approximate surface area is 111 Å². The molecule has 2 heterocycles. The SMILES string of the molecule is Cc1ccc(-c2n[nH]nc2C(=O)OC(C)(C)C)nc1. The van der Waals surface area contributed by atoms with E-state index in [9.17, 15) is 4.79 Å². The molecule has 0 aliphatic heterocycles. The summed E-state index contributed by atoms with van der Waals surface area (Å²) in [7, 11) is 0. The third-order valence-corrected chi connectivity index (χ3v) is 2.29. The van der Waals surface area contributed by atoms with Crippen molar-refractivity contribution in [2.75, 3.05) is 0 Å². The molecular formula is C13H16N4O2. The van der Waals surface area contributed by atoms with Gasteiger partial charge >= 0.3 is 5.97 Å². The molecule has 6 heteroatoms. The van der Waals surface area contributed by atoms with Gasteiger partial charge in [0, 0.05) is 6.20 Å². The maximum atomic E-state index is 12.0. The first-order chi connectivity index (χ1) is 8.87. The molecule has 0 saturated carbocycles. The third-order valence-electron chi connectivity index (χ3n) is 2.29. The van der Waals surface area contributed by atoms with Crippen molar-refractivity contribution in [1.82, 2.24) is 20.4 Å². The zero-order valence-corrected chi connectivity index (χ0v) is 11.4. The molecule has 0 amide bonds. The molecule has 0 spiro atoms. The number of esters is 1. The van der Waals surface area contributed by atoms with Gasteiger partial charge in [-0.3, -0.25) is 4.98 Å². The first-order valence-corrected chi connectivity index (χ1v) is 5.94. The van der Waals surface area contributed by atoms with E-state index in [0.717, 1.165) is 5.56 Å². The third kappa shape index (κ3) is 3.15. The fourth-order valence-electron chi connectivity index (χ4n) is 1.49. The normalized spacial score (nSPS) is 11.4. The van der Waals surface area contributed by atoms with Crippen LogP contribution in [-0.4, -0.2) is 32.0 Å². The van der Waals surface area contributed by atoms with Gasteiger partial charge < -0.3 is 4.74 Å². The standard InChI is InChI=1S/C13H16N4O2/c1-8-5-6-9(14-7-8)10-11(16-17-15-10)12(18)19-13(2,3)4/h5-7H,1-4H3,(H,15,16,17). The zero-order chi connectivity index (χ0) is 14.0. The van der Waals surface area contributed by atoms with Crippen LogP contribution >= 0.6 is 0 Å². The average molecular weight is 260 g/mol. The van der Waals surface area contributed by atoms with Crippen molar-refractivity contribution in [2.45, 2.75) is 33.3 Å². The Morgan fingerprint density at radius 1 is 1.26 bits per heavy atom. The highest BCUT2D eigenvalue weighted by atomic mass is 16.6. The van der Waals surface area contributed by atoms with Crippen LogP contribution < -0.4 is 0 Å². The summed E-state index contributed by atoms with van der Waals surface area (Å²) in [6.45, 7) is 7.34. The Kier molecular flexibility index (Phi) is 3.33. The number of H-pyrrole nitrogens is 1. The molecule has 0 unspecified atom stereocenters. The van der Waals surface area contributed by atoms with E-state index in [-0.39, 0.29) is 5.69 Å². The highest BCUT2D eigenvalue weighted by Crippen LogP contribution is 2.20. The molecule has 0 aromatic carbocycles. The van der Waals surface area contributed by atoms with E-state index in [2.05, 4.69) is 20.4 Å². The minimum absolute atomic E-state index is 0.145. The fraction of sp³-hybridized carbons (Fsp3) is 0.385. The molecule has 2 rings (SSSR count). The quantitative estimate of drug-likeness (QED) is 0.836. The molecule has 19 heavy (non-hydrogen) atoms. The number of carbonyl (C=O) groups is 1. The highest BCUT2D eigenvalue weighted by Gasteiger charge is 2.24. The number of hydrogen-bond acceptors (Lipinski definition) is 5. The smallest absolute Gasteiger partial charge is 0.361 e. The van der Waals surface area contributed by atoms with Gasteiger partial charge in [-0.05, 0) is 39.3 Å². The van der Waals surface area contributed by atoms with Crippen molar-refractivity contribution in [2.24, 2.45) is 0 Å². The molecular weight excluding hydrogens is 244 g/mol. The molecule has 1 N–H and O–H groups in total. The number of pyridine rings is 1. The first-order valence-electron chi connectivity index (χ1n) is 5.94. The van der Waals surface area contributed by atoms with Gasteiger partial charge in [-0.1, -0.05) is 6.07 Å². The lowest BCUT2D eigenvalue weighted by molar-refractivity contribution is 0.00637. The van der Waals surface area contributed by atoms with Gasteiger partial charge in [0.15, 0.2) is 5.69 Å². The second kappa shape index (κ2) is 4.79. The summed E-state index contributed by atoms with van der Waals surface area (Å²) in [6, 6.07) is 3.69. The second-order valence-electron chi connectivity index (χ2n) is 5.24. The summed E-state index contributed by atoms with van der Waals surface area (Å²) in [4.78, 5) is 16.2. The predicted octanol–water partition coefficient (Wildman–Crippen LogP) is 2.13. The van der Waals surface area contributed by atoms with Gasteiger partial charge in [0.25, 0.3) is 0 Å². The van der Waals surface area contributed by atoms with Crippen LogP contribution in [0, 0.1) is 6.92 Å². The highest BCUT2D eigenvalue weighted by molar-refractivity contribution is 5.93. The molecule has 0 atom stereocenters. The molecule has 6 nitrogen and oxygen atoms in total. The molecule has 2 aromatic rings. The zero-order valence-electron chi connectivity index (χ0n) is 11.4. The van der Waals surface area contributed by atoms with Gasteiger partial charge in [0.2, 0.25) is 0 Å². The topological polar surface area (TPSA) is 80.8 Å². The molecule has 0 fully saturated rings. The molecule has 2 aromatic heterocycles. The molecule has 0 saturated heterocycles. The van der Waals surface area contributed by atoms with Crippen LogP contribution in [-0.2, 0) is 4.74 Å². The maximum absolute atomic E-state index is 12.0. The van der Waals surface area contributed by atoms with Crippen molar-refractivity contribution < 1.29 is 9.53 Å². The number of ether oxygens (including phenoxy) is 1. The predicted molar refractivity (Wildman–Crippen MR) is 69.5 cm³/mol. The number of rotatable bonds is 2. The van der Waals surface area contributed by atoms with E-state index >= 15 is 0 Å². The monoisotopic (exact) mass is 260 g/mol. The lowest BCUT2D eigenvalue weighted by atomic mass is 10.2. The molecule has 100 valence electrons. The van der Waals surface area contributed by atoms with Crippen molar-refractivity contribution in [3.05, 3.63) is 29.6 Å². The Balaban J connectivity index is 2.32. The summed E-state index contributed by atoms with van der Waals surface area (Å²) in [5.74, 6) is -0.515. The van der Waals surface area contributed by atoms with Gasteiger partial charge in [0.05, 0.1) is 5.69 Å². The lowest BCUT2D eigenvalue weighted by Crippen LogP contribution is -2.24. The Morgan fingerprint density at radius 3 is 2.58 bits per heavy atom. The molecule has 0 aliphatic rings. The molecule has 0 radical (unpaired) electrons. The number of aromatic amines is 1. The number of hydrogen-bond donors (Lipinski definition) is 1. The van der Waals surface area contributed by atoms with Crippen LogP contribution in [0.5, 0.6) is 0 Å². The van der Waals surface area contributed by atoms with Crippen LogP contribution in [0.3, 0.4) is 0 Å². The summed E-state index contributed by atoms with van der Waals surface area (Å²) >= 11 is 0. The van der Waals surface area contributed by atoms with E-state index in [1.54, 1.807) is 33.0 Å². The van der Waals surface area contributed by atoms with E-state index in [1.165, 1.54) is 0 Å². The summed E-state index contributed by atoms with van der Waals surface area (Å²) in [5, 5.41) is 10.3. The van der Waals surface area contributed by atoms with Gasteiger partial charge in [0.1, 0.15) is 11.3 Å². The minimum atomic E-state index is -0.575. The van der Waals surface area contributed by atoms with Crippen LogP contribution in [0.2, 0.25) is 0 Å². The number of carbonyl (C=O) groups excluding carboxylic acids is 1. The molecule has 0 aliphatic carbocycles. The second-order valence-corrected chi connectivity index (χ2v) is 5.24. The summed E-state index contributed by atoms with van der Waals surface area (Å²) < 4.78 is 5.28. The Hall–Kier alpha value is -2.24. The van der Waals surface area contributed by atoms with E-state index in [4.69, 9.17) is 4.74 Å². The van der Waals surface area contributed by atoms with Crippen molar-refractivity contribution in [3.8, 4) is 11.4 Å². The number of nitrogens with zero attached hydrogens (tertiary/aromatic N) is 3. The fourth-order valence-corrected chi connectivity index (χ4v) is 1.49. The van der Waals surface area contributed by atoms with Crippen LogP contribution in [0.25, 0.3) is 11.4 Å². The Morgan fingerprint density at radius 2 is 2.00 bits per heavy atom. The number of aryl methyl sites for hydroxylation is 1. The van der Waals surface area contributed by atoms with Gasteiger partial charge in [-0.25, -0.2) is 4.79 Å². The first kappa shape index (κ1) is 13.2. The average Bonchev–Trinajstić information content (AvgIpc) is 2.76. The van der Waals surface area contributed by atoms with E-state index in [1.807, 2.05) is 13.0 Å². The molecule has 0 bridgehead atoms. The van der Waals surface area contributed by atoms with Gasteiger partial charge in [-0.15, -0.1) is 5.10 Å².